The van der Waals surface area contributed by atoms with Crippen LogP contribution in [0.3, 0.4) is 0 Å². The fourth-order valence-corrected chi connectivity index (χ4v) is 2.98. The maximum atomic E-state index is 10.7. The molecule has 106 valence electrons. The molecule has 1 aliphatic rings. The topological polar surface area (TPSA) is 77.2 Å². The molecule has 1 saturated heterocycles. The molecular weight excluding hydrogens is 266 g/mol. The molecular formula is C12H19N3O3S. The van der Waals surface area contributed by atoms with E-state index >= 15 is 0 Å². The van der Waals surface area contributed by atoms with E-state index in [1.54, 1.807) is 0 Å². The van der Waals surface area contributed by atoms with Gasteiger partial charge < -0.3 is 14.4 Å². The Labute approximate surface area is 116 Å². The van der Waals surface area contributed by atoms with Crippen LogP contribution in [-0.4, -0.2) is 44.8 Å². The maximum Gasteiger partial charge on any atom is 0.313 e. The number of hydrogen-bond donors (Lipinski definition) is 1. The van der Waals surface area contributed by atoms with Crippen LogP contribution in [0.25, 0.3) is 0 Å². The second-order valence-electron chi connectivity index (χ2n) is 4.54. The van der Waals surface area contributed by atoms with Crippen molar-refractivity contribution in [3.05, 3.63) is 5.82 Å². The van der Waals surface area contributed by atoms with Crippen LogP contribution in [0.2, 0.25) is 0 Å². The van der Waals surface area contributed by atoms with Gasteiger partial charge in [0.15, 0.2) is 5.16 Å². The molecule has 1 fully saturated rings. The van der Waals surface area contributed by atoms with E-state index in [9.17, 15) is 4.79 Å². The van der Waals surface area contributed by atoms with E-state index in [4.69, 9.17) is 9.84 Å². The number of aliphatic carboxylic acids is 1. The van der Waals surface area contributed by atoms with Crippen LogP contribution in [0.5, 0.6) is 0 Å². The zero-order valence-corrected chi connectivity index (χ0v) is 11.9. The first-order chi connectivity index (χ1) is 9.22. The fraction of sp³-hybridized carbons (Fsp3) is 0.750. The van der Waals surface area contributed by atoms with Crippen molar-refractivity contribution >= 4 is 17.7 Å². The minimum Gasteiger partial charge on any atom is -0.481 e. The first-order valence-electron chi connectivity index (χ1n) is 6.58. The van der Waals surface area contributed by atoms with Gasteiger partial charge in [0.25, 0.3) is 0 Å². The predicted octanol–water partition coefficient (Wildman–Crippen LogP) is 1.76. The molecule has 2 rings (SSSR count). The number of carboxylic acids is 1. The number of nitrogens with zero attached hydrogens (tertiary/aromatic N) is 3. The Balaban J connectivity index is 2.18. The Morgan fingerprint density at radius 2 is 2.21 bits per heavy atom. The highest BCUT2D eigenvalue weighted by Gasteiger charge is 2.23. The van der Waals surface area contributed by atoms with Gasteiger partial charge in [0, 0.05) is 25.7 Å². The summed E-state index contributed by atoms with van der Waals surface area (Å²) in [5.41, 5.74) is 0. The van der Waals surface area contributed by atoms with E-state index in [-0.39, 0.29) is 5.75 Å². The molecule has 0 saturated carbocycles. The van der Waals surface area contributed by atoms with Gasteiger partial charge in [0.05, 0.1) is 5.75 Å². The number of rotatable bonds is 6. The summed E-state index contributed by atoms with van der Waals surface area (Å²) < 4.78 is 7.51. The van der Waals surface area contributed by atoms with Crippen molar-refractivity contribution in [1.82, 2.24) is 14.8 Å². The molecule has 0 aliphatic carbocycles. The lowest BCUT2D eigenvalue weighted by molar-refractivity contribution is -0.133. The molecule has 0 bridgehead atoms. The molecule has 0 spiro atoms. The number of aryl methyl sites for hydroxylation is 1. The van der Waals surface area contributed by atoms with Gasteiger partial charge in [-0.2, -0.15) is 0 Å². The Hall–Kier alpha value is -1.08. The van der Waals surface area contributed by atoms with Gasteiger partial charge in [-0.05, 0) is 19.3 Å². The molecule has 0 unspecified atom stereocenters. The molecule has 0 amide bonds. The number of aromatic nitrogens is 3. The van der Waals surface area contributed by atoms with Gasteiger partial charge in [-0.1, -0.05) is 18.7 Å². The van der Waals surface area contributed by atoms with Crippen LogP contribution in [-0.2, 0) is 16.0 Å². The van der Waals surface area contributed by atoms with Crippen molar-refractivity contribution in [3.63, 3.8) is 0 Å². The van der Waals surface area contributed by atoms with Crippen LogP contribution in [0, 0.1) is 0 Å². The number of carbonyl (C=O) groups is 1. The molecule has 2 heterocycles. The molecule has 19 heavy (non-hydrogen) atoms. The SMILES string of the molecule is CCCc1nnc(SCC(=O)O)n1C1CCOCC1. The van der Waals surface area contributed by atoms with Gasteiger partial charge in [0.1, 0.15) is 5.82 Å². The van der Waals surface area contributed by atoms with E-state index in [0.29, 0.717) is 6.04 Å². The van der Waals surface area contributed by atoms with E-state index in [1.807, 2.05) is 0 Å². The van der Waals surface area contributed by atoms with Gasteiger partial charge in [-0.3, -0.25) is 4.79 Å². The van der Waals surface area contributed by atoms with E-state index in [0.717, 1.165) is 49.9 Å². The van der Waals surface area contributed by atoms with Crippen LogP contribution < -0.4 is 0 Å². The quantitative estimate of drug-likeness (QED) is 0.802. The normalized spacial score (nSPS) is 16.7. The lowest BCUT2D eigenvalue weighted by atomic mass is 10.1. The molecule has 6 nitrogen and oxygen atoms in total. The monoisotopic (exact) mass is 285 g/mol. The van der Waals surface area contributed by atoms with Crippen LogP contribution in [0.15, 0.2) is 5.16 Å². The first-order valence-corrected chi connectivity index (χ1v) is 7.57. The first kappa shape index (κ1) is 14.3. The third-order valence-corrected chi connectivity index (χ3v) is 4.02. The Kier molecular flexibility index (Phi) is 5.21. The molecule has 1 N–H and O–H groups in total. The van der Waals surface area contributed by atoms with Crippen LogP contribution in [0.4, 0.5) is 0 Å². The van der Waals surface area contributed by atoms with E-state index in [1.165, 1.54) is 11.8 Å². The summed E-state index contributed by atoms with van der Waals surface area (Å²) in [5, 5.41) is 17.9. The number of hydrogen-bond acceptors (Lipinski definition) is 5. The van der Waals surface area contributed by atoms with Crippen LogP contribution >= 0.6 is 11.8 Å². The van der Waals surface area contributed by atoms with Gasteiger partial charge in [-0.15, -0.1) is 10.2 Å². The molecule has 7 heteroatoms. The largest absolute Gasteiger partial charge is 0.481 e. The average Bonchev–Trinajstić information content (AvgIpc) is 2.81. The highest BCUT2D eigenvalue weighted by Crippen LogP contribution is 2.28. The van der Waals surface area contributed by atoms with E-state index in [2.05, 4.69) is 21.7 Å². The van der Waals surface area contributed by atoms with Gasteiger partial charge in [-0.25, -0.2) is 0 Å². The number of thioether (sulfide) groups is 1. The lowest BCUT2D eigenvalue weighted by Gasteiger charge is -2.25. The smallest absolute Gasteiger partial charge is 0.313 e. The summed E-state index contributed by atoms with van der Waals surface area (Å²) in [5.74, 6) is 0.152. The summed E-state index contributed by atoms with van der Waals surface area (Å²) in [6.45, 7) is 3.60. The minimum atomic E-state index is -0.830. The average molecular weight is 285 g/mol. The highest BCUT2D eigenvalue weighted by atomic mass is 32.2. The lowest BCUT2D eigenvalue weighted by Crippen LogP contribution is -2.22. The number of ether oxygens (including phenoxy) is 1. The highest BCUT2D eigenvalue weighted by molar-refractivity contribution is 7.99. The molecule has 1 aliphatic heterocycles. The summed E-state index contributed by atoms with van der Waals surface area (Å²) in [6, 6.07) is 0.335. The standard InChI is InChI=1S/C12H19N3O3S/c1-2-3-10-13-14-12(19-8-11(16)17)15(10)9-4-6-18-7-5-9/h9H,2-8H2,1H3,(H,16,17). The molecule has 1 aromatic rings. The Morgan fingerprint density at radius 3 is 2.84 bits per heavy atom. The molecule has 0 atom stereocenters. The second kappa shape index (κ2) is 6.91. The summed E-state index contributed by atoms with van der Waals surface area (Å²) in [6.07, 6.45) is 3.76. The third kappa shape index (κ3) is 3.70. The summed E-state index contributed by atoms with van der Waals surface area (Å²) in [7, 11) is 0. The van der Waals surface area contributed by atoms with Crippen molar-refractivity contribution in [1.29, 1.82) is 0 Å². The number of carboxylic acid groups (broad SMARTS) is 1. The van der Waals surface area contributed by atoms with E-state index < -0.39 is 5.97 Å². The van der Waals surface area contributed by atoms with Crippen molar-refractivity contribution in [2.75, 3.05) is 19.0 Å². The molecule has 1 aromatic heterocycles. The Morgan fingerprint density at radius 1 is 1.47 bits per heavy atom. The zero-order chi connectivity index (χ0) is 13.7. The van der Waals surface area contributed by atoms with Crippen molar-refractivity contribution in [3.8, 4) is 0 Å². The molecule has 0 aromatic carbocycles. The second-order valence-corrected chi connectivity index (χ2v) is 5.49. The third-order valence-electron chi connectivity index (χ3n) is 3.09. The predicted molar refractivity (Wildman–Crippen MR) is 71.5 cm³/mol. The fourth-order valence-electron chi connectivity index (χ4n) is 2.24. The van der Waals surface area contributed by atoms with Crippen molar-refractivity contribution < 1.29 is 14.6 Å². The summed E-state index contributed by atoms with van der Waals surface area (Å²) in [4.78, 5) is 10.7. The van der Waals surface area contributed by atoms with Crippen molar-refractivity contribution in [2.45, 2.75) is 43.8 Å². The van der Waals surface area contributed by atoms with Gasteiger partial charge in [0.2, 0.25) is 0 Å². The van der Waals surface area contributed by atoms with Crippen molar-refractivity contribution in [2.24, 2.45) is 0 Å². The zero-order valence-electron chi connectivity index (χ0n) is 11.0. The molecule has 0 radical (unpaired) electrons. The van der Waals surface area contributed by atoms with Crippen LogP contribution in [0.1, 0.15) is 38.1 Å². The maximum absolute atomic E-state index is 10.7. The Bertz CT molecular complexity index is 430. The van der Waals surface area contributed by atoms with Gasteiger partial charge >= 0.3 is 5.97 Å². The summed E-state index contributed by atoms with van der Waals surface area (Å²) >= 11 is 1.24. The minimum absolute atomic E-state index is 0.0213.